The molecule has 0 aliphatic rings. The summed E-state index contributed by atoms with van der Waals surface area (Å²) in [6, 6.07) is 0. The fraction of sp³-hybridized carbons (Fsp3) is 0.889. The highest BCUT2D eigenvalue weighted by molar-refractivity contribution is 5.78. The topological polar surface area (TPSA) is 65.0 Å². The minimum absolute atomic E-state index is 0.0905. The quantitative estimate of drug-likeness (QED) is 0.468. The third-order valence-corrected chi connectivity index (χ3v) is 1.58. The normalized spacial score (nSPS) is 14.9. The fourth-order valence-electron chi connectivity index (χ4n) is 0.812. The highest BCUT2D eigenvalue weighted by atomic mass is 16.6. The van der Waals surface area contributed by atoms with Gasteiger partial charge in [-0.15, -0.1) is 0 Å². The van der Waals surface area contributed by atoms with Crippen molar-refractivity contribution in [3.05, 3.63) is 0 Å². The summed E-state index contributed by atoms with van der Waals surface area (Å²) in [6.45, 7) is 4.56. The average Bonchev–Trinajstić information content (AvgIpc) is 2.16. The molecule has 1 unspecified atom stereocenters. The standard InChI is InChI=1S/C9H18O5/c1-4-13-5-6-14-7-9(2,11)8(10)12-3/h11H,4-7H2,1-3H3. The van der Waals surface area contributed by atoms with Gasteiger partial charge in [0.25, 0.3) is 0 Å². The highest BCUT2D eigenvalue weighted by Gasteiger charge is 2.31. The van der Waals surface area contributed by atoms with Crippen LogP contribution in [-0.4, -0.2) is 50.2 Å². The number of carbonyl (C=O) groups is 1. The Kier molecular flexibility index (Phi) is 6.44. The minimum Gasteiger partial charge on any atom is -0.467 e. The van der Waals surface area contributed by atoms with Gasteiger partial charge in [0.2, 0.25) is 0 Å². The first-order chi connectivity index (χ1) is 6.54. The maximum atomic E-state index is 11.0. The molecule has 0 saturated heterocycles. The van der Waals surface area contributed by atoms with Crippen LogP contribution in [0.25, 0.3) is 0 Å². The molecule has 0 aromatic rings. The Hall–Kier alpha value is -0.650. The van der Waals surface area contributed by atoms with Gasteiger partial charge in [-0.05, 0) is 13.8 Å². The number of methoxy groups -OCH3 is 1. The second-order valence-corrected chi connectivity index (χ2v) is 3.01. The van der Waals surface area contributed by atoms with E-state index in [-0.39, 0.29) is 6.61 Å². The number of ether oxygens (including phenoxy) is 3. The molecule has 0 aromatic carbocycles. The van der Waals surface area contributed by atoms with E-state index in [1.165, 1.54) is 14.0 Å². The Morgan fingerprint density at radius 1 is 1.36 bits per heavy atom. The van der Waals surface area contributed by atoms with E-state index in [9.17, 15) is 9.90 Å². The molecule has 84 valence electrons. The lowest BCUT2D eigenvalue weighted by Gasteiger charge is -2.19. The molecule has 5 nitrogen and oxygen atoms in total. The van der Waals surface area contributed by atoms with E-state index in [4.69, 9.17) is 9.47 Å². The van der Waals surface area contributed by atoms with Gasteiger partial charge in [0.05, 0.1) is 26.9 Å². The van der Waals surface area contributed by atoms with Gasteiger partial charge in [0, 0.05) is 6.61 Å². The molecule has 0 aromatic heterocycles. The van der Waals surface area contributed by atoms with Crippen LogP contribution in [0.1, 0.15) is 13.8 Å². The van der Waals surface area contributed by atoms with Gasteiger partial charge >= 0.3 is 5.97 Å². The van der Waals surface area contributed by atoms with Crippen LogP contribution in [0.5, 0.6) is 0 Å². The number of hydrogen-bond acceptors (Lipinski definition) is 5. The Morgan fingerprint density at radius 3 is 2.43 bits per heavy atom. The van der Waals surface area contributed by atoms with Crippen molar-refractivity contribution in [1.29, 1.82) is 0 Å². The fourth-order valence-corrected chi connectivity index (χ4v) is 0.812. The van der Waals surface area contributed by atoms with Gasteiger partial charge in [0.15, 0.2) is 5.60 Å². The average molecular weight is 206 g/mol. The summed E-state index contributed by atoms with van der Waals surface area (Å²) in [5.74, 6) is -0.700. The van der Waals surface area contributed by atoms with Crippen LogP contribution in [0.15, 0.2) is 0 Å². The first kappa shape index (κ1) is 13.4. The van der Waals surface area contributed by atoms with Gasteiger partial charge < -0.3 is 19.3 Å². The number of aliphatic hydroxyl groups is 1. The third kappa shape index (κ3) is 5.16. The maximum Gasteiger partial charge on any atom is 0.339 e. The summed E-state index contributed by atoms with van der Waals surface area (Å²) < 4.78 is 14.5. The van der Waals surface area contributed by atoms with E-state index in [1.807, 2.05) is 6.92 Å². The van der Waals surface area contributed by atoms with Crippen LogP contribution in [0.4, 0.5) is 0 Å². The Balaban J connectivity index is 3.60. The lowest BCUT2D eigenvalue weighted by Crippen LogP contribution is -2.41. The van der Waals surface area contributed by atoms with Crippen molar-refractivity contribution in [1.82, 2.24) is 0 Å². The molecule has 1 N–H and O–H groups in total. The van der Waals surface area contributed by atoms with E-state index in [2.05, 4.69) is 4.74 Å². The van der Waals surface area contributed by atoms with Crippen molar-refractivity contribution in [2.75, 3.05) is 33.5 Å². The van der Waals surface area contributed by atoms with Gasteiger partial charge in [-0.3, -0.25) is 0 Å². The van der Waals surface area contributed by atoms with E-state index in [1.54, 1.807) is 0 Å². The number of esters is 1. The van der Waals surface area contributed by atoms with Gasteiger partial charge in [-0.2, -0.15) is 0 Å². The summed E-state index contributed by atoms with van der Waals surface area (Å²) in [5, 5.41) is 9.50. The summed E-state index contributed by atoms with van der Waals surface area (Å²) in [7, 11) is 1.22. The van der Waals surface area contributed by atoms with Crippen molar-refractivity contribution >= 4 is 5.97 Å². The predicted octanol–water partition coefficient (Wildman–Crippen LogP) is -0.0365. The molecule has 0 amide bonds. The Morgan fingerprint density at radius 2 is 1.93 bits per heavy atom. The van der Waals surface area contributed by atoms with Crippen LogP contribution in [0, 0.1) is 0 Å². The summed E-state index contributed by atoms with van der Waals surface area (Å²) in [4.78, 5) is 11.0. The molecule has 0 fully saturated rings. The van der Waals surface area contributed by atoms with Crippen LogP contribution in [0.3, 0.4) is 0 Å². The zero-order valence-corrected chi connectivity index (χ0v) is 8.91. The summed E-state index contributed by atoms with van der Waals surface area (Å²) >= 11 is 0. The molecular formula is C9H18O5. The molecule has 0 radical (unpaired) electrons. The Labute approximate surface area is 84.0 Å². The molecular weight excluding hydrogens is 188 g/mol. The molecule has 0 spiro atoms. The zero-order chi connectivity index (χ0) is 11.0. The smallest absolute Gasteiger partial charge is 0.339 e. The first-order valence-corrected chi connectivity index (χ1v) is 4.51. The number of hydrogen-bond donors (Lipinski definition) is 1. The molecule has 14 heavy (non-hydrogen) atoms. The van der Waals surface area contributed by atoms with E-state index in [0.717, 1.165) is 0 Å². The van der Waals surface area contributed by atoms with Crippen molar-refractivity contribution in [2.24, 2.45) is 0 Å². The van der Waals surface area contributed by atoms with E-state index >= 15 is 0 Å². The number of carbonyl (C=O) groups excluding carboxylic acids is 1. The molecule has 1 atom stereocenters. The summed E-state index contributed by atoms with van der Waals surface area (Å²) in [6.07, 6.45) is 0. The van der Waals surface area contributed by atoms with E-state index in [0.29, 0.717) is 19.8 Å². The zero-order valence-electron chi connectivity index (χ0n) is 8.91. The van der Waals surface area contributed by atoms with Crippen molar-refractivity contribution in [3.63, 3.8) is 0 Å². The number of rotatable bonds is 7. The maximum absolute atomic E-state index is 11.0. The molecule has 0 aliphatic carbocycles. The highest BCUT2D eigenvalue weighted by Crippen LogP contribution is 2.05. The van der Waals surface area contributed by atoms with Crippen LogP contribution < -0.4 is 0 Å². The minimum atomic E-state index is -1.58. The first-order valence-electron chi connectivity index (χ1n) is 4.51. The second-order valence-electron chi connectivity index (χ2n) is 3.01. The lowest BCUT2D eigenvalue weighted by atomic mass is 10.1. The van der Waals surface area contributed by atoms with Crippen LogP contribution >= 0.6 is 0 Å². The summed E-state index contributed by atoms with van der Waals surface area (Å²) in [5.41, 5.74) is -1.58. The second kappa shape index (κ2) is 6.75. The van der Waals surface area contributed by atoms with Gasteiger partial charge in [-0.25, -0.2) is 4.79 Å². The third-order valence-electron chi connectivity index (χ3n) is 1.58. The molecule has 0 bridgehead atoms. The largest absolute Gasteiger partial charge is 0.467 e. The van der Waals surface area contributed by atoms with Gasteiger partial charge in [-0.1, -0.05) is 0 Å². The predicted molar refractivity (Wildman–Crippen MR) is 50.0 cm³/mol. The van der Waals surface area contributed by atoms with Crippen molar-refractivity contribution < 1.29 is 24.1 Å². The van der Waals surface area contributed by atoms with Crippen LogP contribution in [-0.2, 0) is 19.0 Å². The van der Waals surface area contributed by atoms with Crippen LogP contribution in [0.2, 0.25) is 0 Å². The lowest BCUT2D eigenvalue weighted by molar-refractivity contribution is -0.167. The monoisotopic (exact) mass is 206 g/mol. The SMILES string of the molecule is CCOCCOCC(C)(O)C(=O)OC. The molecule has 0 aliphatic heterocycles. The molecule has 5 heteroatoms. The van der Waals surface area contributed by atoms with Gasteiger partial charge in [0.1, 0.15) is 0 Å². The molecule has 0 rings (SSSR count). The molecule has 0 saturated carbocycles. The molecule has 0 heterocycles. The van der Waals surface area contributed by atoms with Crippen molar-refractivity contribution in [2.45, 2.75) is 19.4 Å². The Bertz CT molecular complexity index is 167. The van der Waals surface area contributed by atoms with E-state index < -0.39 is 11.6 Å². The van der Waals surface area contributed by atoms with Crippen molar-refractivity contribution in [3.8, 4) is 0 Å².